The van der Waals surface area contributed by atoms with Gasteiger partial charge >= 0.3 is 0 Å². The SMILES string of the molecule is COc1ccc(N2CCC(NS(=O)(=O)c3cccc(Cl)c3C)CC2)cc1. The van der Waals surface area contributed by atoms with Crippen molar-refractivity contribution in [1.29, 1.82) is 0 Å². The molecule has 1 N–H and O–H groups in total. The Hall–Kier alpha value is -1.76. The third kappa shape index (κ3) is 4.14. The molecule has 0 amide bonds. The molecule has 0 atom stereocenters. The van der Waals surface area contributed by atoms with Crippen LogP contribution in [0, 0.1) is 6.92 Å². The highest BCUT2D eigenvalue weighted by Crippen LogP contribution is 2.25. The number of benzene rings is 2. The van der Waals surface area contributed by atoms with E-state index in [1.807, 2.05) is 24.3 Å². The van der Waals surface area contributed by atoms with Crippen molar-refractivity contribution in [3.63, 3.8) is 0 Å². The van der Waals surface area contributed by atoms with E-state index in [2.05, 4.69) is 9.62 Å². The molecule has 1 aliphatic heterocycles. The molecule has 3 rings (SSSR count). The van der Waals surface area contributed by atoms with Crippen LogP contribution >= 0.6 is 11.6 Å². The second-order valence-electron chi connectivity index (χ2n) is 6.44. The highest BCUT2D eigenvalue weighted by Gasteiger charge is 2.26. The van der Waals surface area contributed by atoms with Crippen LogP contribution in [0.5, 0.6) is 5.75 Å². The summed E-state index contributed by atoms with van der Waals surface area (Å²) < 4.78 is 33.4. The van der Waals surface area contributed by atoms with Crippen molar-refractivity contribution in [2.45, 2.75) is 30.7 Å². The largest absolute Gasteiger partial charge is 0.497 e. The maximum absolute atomic E-state index is 12.7. The fourth-order valence-corrected chi connectivity index (χ4v) is 5.01. The number of hydrogen-bond acceptors (Lipinski definition) is 4. The lowest BCUT2D eigenvalue weighted by Crippen LogP contribution is -2.44. The van der Waals surface area contributed by atoms with Crippen LogP contribution in [0.1, 0.15) is 18.4 Å². The smallest absolute Gasteiger partial charge is 0.241 e. The van der Waals surface area contributed by atoms with Gasteiger partial charge in [0.15, 0.2) is 0 Å². The number of nitrogens with zero attached hydrogens (tertiary/aromatic N) is 1. The molecule has 0 aromatic heterocycles. The molecular formula is C19H23ClN2O3S. The molecule has 2 aromatic rings. The van der Waals surface area contributed by atoms with Crippen LogP contribution in [0.15, 0.2) is 47.4 Å². The summed E-state index contributed by atoms with van der Waals surface area (Å²) in [6, 6.07) is 12.8. The Morgan fingerprint density at radius 3 is 2.38 bits per heavy atom. The van der Waals surface area contributed by atoms with Crippen LogP contribution in [0.2, 0.25) is 5.02 Å². The van der Waals surface area contributed by atoms with Gasteiger partial charge in [0.1, 0.15) is 5.75 Å². The lowest BCUT2D eigenvalue weighted by Gasteiger charge is -2.34. The molecule has 1 heterocycles. The number of rotatable bonds is 5. The molecule has 0 unspecified atom stereocenters. The first kappa shape index (κ1) is 19.0. The summed E-state index contributed by atoms with van der Waals surface area (Å²) in [4.78, 5) is 2.51. The molecule has 140 valence electrons. The van der Waals surface area contributed by atoms with Gasteiger partial charge in [-0.1, -0.05) is 17.7 Å². The molecule has 26 heavy (non-hydrogen) atoms. The zero-order valence-electron chi connectivity index (χ0n) is 14.9. The maximum Gasteiger partial charge on any atom is 0.241 e. The molecule has 1 aliphatic rings. The van der Waals surface area contributed by atoms with Crippen molar-refractivity contribution in [1.82, 2.24) is 4.72 Å². The molecule has 1 fully saturated rings. The number of ether oxygens (including phenoxy) is 1. The number of nitrogens with one attached hydrogen (secondary N) is 1. The predicted octanol–water partition coefficient (Wildman–Crippen LogP) is 3.60. The molecular weight excluding hydrogens is 372 g/mol. The monoisotopic (exact) mass is 394 g/mol. The van der Waals surface area contributed by atoms with Gasteiger partial charge in [-0.2, -0.15) is 0 Å². The molecule has 0 radical (unpaired) electrons. The van der Waals surface area contributed by atoms with E-state index in [-0.39, 0.29) is 10.9 Å². The summed E-state index contributed by atoms with van der Waals surface area (Å²) in [7, 11) is -1.93. The third-order valence-corrected chi connectivity index (χ3v) is 6.84. The summed E-state index contributed by atoms with van der Waals surface area (Å²) >= 11 is 6.06. The Balaban J connectivity index is 1.63. The van der Waals surface area contributed by atoms with E-state index in [0.717, 1.165) is 37.4 Å². The Morgan fingerprint density at radius 1 is 1.12 bits per heavy atom. The number of methoxy groups -OCH3 is 1. The molecule has 0 bridgehead atoms. The molecule has 7 heteroatoms. The Labute approximate surface area is 160 Å². The topological polar surface area (TPSA) is 58.6 Å². The quantitative estimate of drug-likeness (QED) is 0.841. The average molecular weight is 395 g/mol. The van der Waals surface area contributed by atoms with Gasteiger partial charge in [-0.25, -0.2) is 13.1 Å². The molecule has 0 saturated carbocycles. The van der Waals surface area contributed by atoms with Gasteiger partial charge in [0, 0.05) is 29.8 Å². The number of anilines is 1. The van der Waals surface area contributed by atoms with Crippen molar-refractivity contribution in [3.05, 3.63) is 53.1 Å². The van der Waals surface area contributed by atoms with Crippen LogP contribution in [0.4, 0.5) is 5.69 Å². The summed E-state index contributed by atoms with van der Waals surface area (Å²) in [5.74, 6) is 0.827. The van der Waals surface area contributed by atoms with Crippen molar-refractivity contribution in [3.8, 4) is 5.75 Å². The lowest BCUT2D eigenvalue weighted by atomic mass is 10.1. The normalized spacial score (nSPS) is 15.9. The van der Waals surface area contributed by atoms with Crippen LogP contribution in [0.25, 0.3) is 0 Å². The van der Waals surface area contributed by atoms with Gasteiger partial charge < -0.3 is 9.64 Å². The maximum atomic E-state index is 12.7. The van der Waals surface area contributed by atoms with Crippen molar-refractivity contribution in [2.24, 2.45) is 0 Å². The Kier molecular flexibility index (Phi) is 5.75. The van der Waals surface area contributed by atoms with Crippen molar-refractivity contribution >= 4 is 27.3 Å². The molecule has 5 nitrogen and oxygen atoms in total. The van der Waals surface area contributed by atoms with E-state index >= 15 is 0 Å². The molecule has 2 aromatic carbocycles. The minimum atomic E-state index is -3.57. The van der Waals surface area contributed by atoms with Gasteiger partial charge in [0.25, 0.3) is 0 Å². The van der Waals surface area contributed by atoms with Gasteiger partial charge in [0.05, 0.1) is 12.0 Å². The van der Waals surface area contributed by atoms with E-state index in [0.29, 0.717) is 10.6 Å². The van der Waals surface area contributed by atoms with E-state index in [9.17, 15) is 8.42 Å². The highest BCUT2D eigenvalue weighted by molar-refractivity contribution is 7.89. The third-order valence-electron chi connectivity index (χ3n) is 4.76. The zero-order valence-corrected chi connectivity index (χ0v) is 16.5. The number of piperidine rings is 1. The summed E-state index contributed by atoms with van der Waals surface area (Å²) in [6.07, 6.45) is 1.51. The summed E-state index contributed by atoms with van der Waals surface area (Å²) in [5, 5.41) is 0.460. The van der Waals surface area contributed by atoms with E-state index in [4.69, 9.17) is 16.3 Å². The van der Waals surface area contributed by atoms with Gasteiger partial charge in [-0.05, 0) is 61.7 Å². The van der Waals surface area contributed by atoms with E-state index in [1.165, 1.54) is 0 Å². The summed E-state index contributed by atoms with van der Waals surface area (Å²) in [5.41, 5.74) is 1.70. The second kappa shape index (κ2) is 7.86. The van der Waals surface area contributed by atoms with Gasteiger partial charge in [-0.3, -0.25) is 0 Å². The number of sulfonamides is 1. The van der Waals surface area contributed by atoms with Crippen molar-refractivity contribution in [2.75, 3.05) is 25.1 Å². The minimum Gasteiger partial charge on any atom is -0.497 e. The fraction of sp³-hybridized carbons (Fsp3) is 0.368. The average Bonchev–Trinajstić information content (AvgIpc) is 2.64. The summed E-state index contributed by atoms with van der Waals surface area (Å²) in [6.45, 7) is 3.32. The van der Waals surface area contributed by atoms with Gasteiger partial charge in [0.2, 0.25) is 10.0 Å². The molecule has 1 saturated heterocycles. The second-order valence-corrected chi connectivity index (χ2v) is 8.53. The van der Waals surface area contributed by atoms with Crippen molar-refractivity contribution < 1.29 is 13.2 Å². The van der Waals surface area contributed by atoms with E-state index in [1.54, 1.807) is 32.2 Å². The highest BCUT2D eigenvalue weighted by atomic mass is 35.5. The first-order valence-electron chi connectivity index (χ1n) is 8.57. The Bertz CT molecular complexity index is 861. The zero-order chi connectivity index (χ0) is 18.7. The fourth-order valence-electron chi connectivity index (χ4n) is 3.21. The number of hydrogen-bond donors (Lipinski definition) is 1. The molecule has 0 spiro atoms. The standard InChI is InChI=1S/C19H23ClN2O3S/c1-14-18(20)4-3-5-19(14)26(23,24)21-15-10-12-22(13-11-15)16-6-8-17(25-2)9-7-16/h3-9,15,21H,10-13H2,1-2H3. The minimum absolute atomic E-state index is 0.0760. The van der Waals surface area contributed by atoms with Gasteiger partial charge in [-0.15, -0.1) is 0 Å². The van der Waals surface area contributed by atoms with Crippen LogP contribution in [-0.4, -0.2) is 34.7 Å². The van der Waals surface area contributed by atoms with Crippen LogP contribution in [-0.2, 0) is 10.0 Å². The first-order chi connectivity index (χ1) is 12.4. The van der Waals surface area contributed by atoms with E-state index < -0.39 is 10.0 Å². The van der Waals surface area contributed by atoms with Crippen LogP contribution < -0.4 is 14.4 Å². The lowest BCUT2D eigenvalue weighted by molar-refractivity contribution is 0.414. The van der Waals surface area contributed by atoms with Crippen LogP contribution in [0.3, 0.4) is 0 Å². The predicted molar refractivity (Wildman–Crippen MR) is 105 cm³/mol. The number of halogens is 1. The first-order valence-corrected chi connectivity index (χ1v) is 10.4. The Morgan fingerprint density at radius 2 is 1.77 bits per heavy atom. The molecule has 0 aliphatic carbocycles.